The van der Waals surface area contributed by atoms with E-state index in [0.717, 1.165) is 10.0 Å². The molecule has 1 rings (SSSR count). The smallest absolute Gasteiger partial charge is 0.322 e. The lowest BCUT2D eigenvalue weighted by Crippen LogP contribution is -2.40. The van der Waals surface area contributed by atoms with Crippen molar-refractivity contribution in [2.75, 3.05) is 0 Å². The zero-order chi connectivity index (χ0) is 14.6. The number of carbonyl (C=O) groups is 1. The van der Waals surface area contributed by atoms with Gasteiger partial charge in [0.2, 0.25) is 10.0 Å². The summed E-state index contributed by atoms with van der Waals surface area (Å²) in [6.45, 7) is 5.16. The van der Waals surface area contributed by atoms with Crippen molar-refractivity contribution in [1.29, 1.82) is 0 Å². The van der Waals surface area contributed by atoms with E-state index in [-0.39, 0.29) is 11.3 Å². The van der Waals surface area contributed by atoms with Crippen molar-refractivity contribution in [2.24, 2.45) is 0 Å². The van der Waals surface area contributed by atoms with Gasteiger partial charge in [0.25, 0.3) is 0 Å². The molecular weight excluding hydrogens is 334 g/mol. The van der Waals surface area contributed by atoms with Gasteiger partial charge in [0.15, 0.2) is 0 Å². The third kappa shape index (κ3) is 4.15. The second-order valence-electron chi connectivity index (χ2n) is 3.95. The Balaban J connectivity index is 3.06. The van der Waals surface area contributed by atoms with E-state index in [9.17, 15) is 13.2 Å². The summed E-state index contributed by atoms with van der Waals surface area (Å²) in [5.41, 5.74) is 0.749. The molecule has 7 heteroatoms. The van der Waals surface area contributed by atoms with Crippen LogP contribution in [0.25, 0.3) is 0 Å². The first-order valence-corrected chi connectivity index (χ1v) is 7.67. The number of hydrogen-bond donors (Lipinski definition) is 2. The number of hydrogen-bond acceptors (Lipinski definition) is 3. The van der Waals surface area contributed by atoms with Crippen LogP contribution in [-0.4, -0.2) is 25.5 Å². The van der Waals surface area contributed by atoms with Crippen LogP contribution >= 0.6 is 15.9 Å². The number of aryl methyl sites for hydroxylation is 1. The number of rotatable bonds is 6. The molecular formula is C12H14BrNO4S. The molecule has 0 aliphatic heterocycles. The second-order valence-corrected chi connectivity index (χ2v) is 6.52. The van der Waals surface area contributed by atoms with Crippen molar-refractivity contribution < 1.29 is 18.3 Å². The molecule has 0 radical (unpaired) electrons. The van der Waals surface area contributed by atoms with Gasteiger partial charge in [-0.25, -0.2) is 8.42 Å². The molecule has 0 fully saturated rings. The predicted molar refractivity (Wildman–Crippen MR) is 75.4 cm³/mol. The molecule has 0 aliphatic carbocycles. The second kappa shape index (κ2) is 6.31. The van der Waals surface area contributed by atoms with Crippen LogP contribution in [0.2, 0.25) is 0 Å². The van der Waals surface area contributed by atoms with Crippen molar-refractivity contribution in [3.8, 4) is 0 Å². The van der Waals surface area contributed by atoms with E-state index in [0.29, 0.717) is 0 Å². The minimum atomic E-state index is -3.87. The Hall–Kier alpha value is -1.18. The molecule has 104 valence electrons. The van der Waals surface area contributed by atoms with Crippen LogP contribution < -0.4 is 4.72 Å². The van der Waals surface area contributed by atoms with Crippen molar-refractivity contribution >= 4 is 31.9 Å². The van der Waals surface area contributed by atoms with Gasteiger partial charge in [-0.05, 0) is 37.1 Å². The van der Waals surface area contributed by atoms with Crippen molar-refractivity contribution in [2.45, 2.75) is 24.3 Å². The number of carboxylic acid groups (broad SMARTS) is 1. The van der Waals surface area contributed by atoms with Gasteiger partial charge in [0, 0.05) is 4.47 Å². The summed E-state index contributed by atoms with van der Waals surface area (Å²) in [4.78, 5) is 11.0. The molecule has 5 nitrogen and oxygen atoms in total. The van der Waals surface area contributed by atoms with Crippen molar-refractivity contribution in [3.05, 3.63) is 40.9 Å². The van der Waals surface area contributed by atoms with Crippen LogP contribution in [0.5, 0.6) is 0 Å². The zero-order valence-electron chi connectivity index (χ0n) is 10.3. The monoisotopic (exact) mass is 347 g/mol. The molecule has 1 aromatic carbocycles. The van der Waals surface area contributed by atoms with E-state index in [4.69, 9.17) is 5.11 Å². The molecule has 0 aromatic heterocycles. The Bertz CT molecular complexity index is 598. The third-order valence-electron chi connectivity index (χ3n) is 2.44. The molecule has 0 aliphatic rings. The molecule has 0 saturated carbocycles. The largest absolute Gasteiger partial charge is 0.480 e. The Morgan fingerprint density at radius 2 is 2.21 bits per heavy atom. The normalized spacial score (nSPS) is 12.9. The van der Waals surface area contributed by atoms with Crippen LogP contribution in [0.3, 0.4) is 0 Å². The molecule has 0 bridgehead atoms. The van der Waals surface area contributed by atoms with Crippen LogP contribution in [-0.2, 0) is 14.8 Å². The van der Waals surface area contributed by atoms with E-state index < -0.39 is 22.0 Å². The van der Waals surface area contributed by atoms with Gasteiger partial charge >= 0.3 is 5.97 Å². The Morgan fingerprint density at radius 3 is 2.68 bits per heavy atom. The summed E-state index contributed by atoms with van der Waals surface area (Å²) >= 11 is 3.27. The van der Waals surface area contributed by atoms with Gasteiger partial charge in [-0.3, -0.25) is 4.79 Å². The fraction of sp³-hybridized carbons (Fsp3) is 0.250. The van der Waals surface area contributed by atoms with Crippen molar-refractivity contribution in [1.82, 2.24) is 4.72 Å². The first-order chi connectivity index (χ1) is 8.77. The molecule has 0 heterocycles. The standard InChI is InChI=1S/C12H14BrNO4S/c1-3-4-11(12(15)16)14-19(17,18)9-5-6-10(13)8(2)7-9/h3,5-7,11,14H,1,4H2,2H3,(H,15,16). The first-order valence-electron chi connectivity index (χ1n) is 5.40. The average Bonchev–Trinajstić information content (AvgIpc) is 2.31. The quantitative estimate of drug-likeness (QED) is 0.771. The molecule has 0 saturated heterocycles. The predicted octanol–water partition coefficient (Wildman–Crippen LogP) is 2.07. The lowest BCUT2D eigenvalue weighted by atomic mass is 10.2. The Kier molecular flexibility index (Phi) is 5.28. The minimum absolute atomic E-state index is 0.0179. The van der Waals surface area contributed by atoms with Crippen LogP contribution in [0.15, 0.2) is 40.2 Å². The molecule has 1 aromatic rings. The van der Waals surface area contributed by atoms with E-state index >= 15 is 0 Å². The van der Waals surface area contributed by atoms with Gasteiger partial charge < -0.3 is 5.11 Å². The zero-order valence-corrected chi connectivity index (χ0v) is 12.7. The highest BCUT2D eigenvalue weighted by Gasteiger charge is 2.24. The van der Waals surface area contributed by atoms with Crippen LogP contribution in [0.4, 0.5) is 0 Å². The third-order valence-corrected chi connectivity index (χ3v) is 4.80. The SMILES string of the molecule is C=CCC(NS(=O)(=O)c1ccc(Br)c(C)c1)C(=O)O. The molecule has 19 heavy (non-hydrogen) atoms. The maximum atomic E-state index is 12.1. The van der Waals surface area contributed by atoms with Gasteiger partial charge in [-0.15, -0.1) is 6.58 Å². The Labute approximate surface area is 120 Å². The number of halogens is 1. The number of nitrogens with one attached hydrogen (secondary N) is 1. The van der Waals surface area contributed by atoms with E-state index in [1.165, 1.54) is 18.2 Å². The number of carboxylic acids is 1. The molecule has 1 unspecified atom stereocenters. The van der Waals surface area contributed by atoms with Crippen LogP contribution in [0, 0.1) is 6.92 Å². The maximum absolute atomic E-state index is 12.1. The molecule has 0 amide bonds. The molecule has 2 N–H and O–H groups in total. The maximum Gasteiger partial charge on any atom is 0.322 e. The van der Waals surface area contributed by atoms with Gasteiger partial charge in [0.05, 0.1) is 4.90 Å². The summed E-state index contributed by atoms with van der Waals surface area (Å²) in [6.07, 6.45) is 1.37. The Morgan fingerprint density at radius 1 is 1.58 bits per heavy atom. The summed E-state index contributed by atoms with van der Waals surface area (Å²) in [5, 5.41) is 8.93. The molecule has 1 atom stereocenters. The summed E-state index contributed by atoms with van der Waals surface area (Å²) in [7, 11) is -3.87. The summed E-state index contributed by atoms with van der Waals surface area (Å²) < 4.78 is 27.1. The lowest BCUT2D eigenvalue weighted by molar-refractivity contribution is -0.138. The van der Waals surface area contributed by atoms with Crippen molar-refractivity contribution in [3.63, 3.8) is 0 Å². The highest BCUT2D eigenvalue weighted by molar-refractivity contribution is 9.10. The fourth-order valence-electron chi connectivity index (χ4n) is 1.41. The number of sulfonamides is 1. The number of aliphatic carboxylic acids is 1. The minimum Gasteiger partial charge on any atom is -0.480 e. The van der Waals surface area contributed by atoms with E-state index in [1.807, 2.05) is 0 Å². The van der Waals surface area contributed by atoms with E-state index in [1.54, 1.807) is 13.0 Å². The summed E-state index contributed by atoms with van der Waals surface area (Å²) in [5.74, 6) is -1.24. The summed E-state index contributed by atoms with van der Waals surface area (Å²) in [6, 6.07) is 3.27. The highest BCUT2D eigenvalue weighted by atomic mass is 79.9. The first kappa shape index (κ1) is 15.9. The fourth-order valence-corrected chi connectivity index (χ4v) is 2.94. The number of benzene rings is 1. The lowest BCUT2D eigenvalue weighted by Gasteiger charge is -2.13. The van der Waals surface area contributed by atoms with Crippen LogP contribution in [0.1, 0.15) is 12.0 Å². The van der Waals surface area contributed by atoms with E-state index in [2.05, 4.69) is 27.2 Å². The topological polar surface area (TPSA) is 83.5 Å². The van der Waals surface area contributed by atoms with Gasteiger partial charge in [-0.2, -0.15) is 4.72 Å². The highest BCUT2D eigenvalue weighted by Crippen LogP contribution is 2.20. The van der Waals surface area contributed by atoms with Gasteiger partial charge in [0.1, 0.15) is 6.04 Å². The van der Waals surface area contributed by atoms with Gasteiger partial charge in [-0.1, -0.05) is 22.0 Å². The average molecular weight is 348 g/mol. The molecule has 0 spiro atoms.